The van der Waals surface area contributed by atoms with E-state index in [9.17, 15) is 0 Å². The molecule has 2 aromatic carbocycles. The number of allylic oxidation sites excluding steroid dienone is 8. The first-order chi connectivity index (χ1) is 16.8. The van der Waals surface area contributed by atoms with Gasteiger partial charge in [0.15, 0.2) is 11.8 Å². The molecule has 35 heavy (non-hydrogen) atoms. The number of hydrogen-bond donors (Lipinski definition) is 0. The molecule has 0 bridgehead atoms. The van der Waals surface area contributed by atoms with Gasteiger partial charge in [0.05, 0.1) is 11.3 Å². The maximum absolute atomic E-state index is 2.61. The molecule has 3 aliphatic rings. The fraction of sp³-hybridized carbons (Fsp3) is 0.364. The van der Waals surface area contributed by atoms with Crippen molar-refractivity contribution in [3.8, 4) is 0 Å². The van der Waals surface area contributed by atoms with Crippen LogP contribution in [0.2, 0.25) is 0 Å². The van der Waals surface area contributed by atoms with Crippen LogP contribution >= 0.6 is 0 Å². The Labute approximate surface area is 211 Å². The first-order valence-electron chi connectivity index (χ1n) is 13.1. The van der Waals surface area contributed by atoms with Crippen LogP contribution in [0.5, 0.6) is 0 Å². The predicted molar refractivity (Wildman–Crippen MR) is 152 cm³/mol. The number of fused-ring (bicyclic) bond motifs is 4. The minimum Gasteiger partial charge on any atom is -0.347 e. The summed E-state index contributed by atoms with van der Waals surface area (Å²) < 4.78 is 2.61. The zero-order valence-corrected chi connectivity index (χ0v) is 22.1. The highest BCUT2D eigenvalue weighted by molar-refractivity contribution is 5.97. The zero-order valence-electron chi connectivity index (χ0n) is 22.1. The Bertz CT molecular complexity index is 1330. The fourth-order valence-electron chi connectivity index (χ4n) is 6.63. The molecule has 0 N–H and O–H groups in total. The standard InChI is InChI=1S/C33H39N2/c1-7-23-35-27-18-14-13-17-26(27)32(2,3)30(35)20-10-8-9-19-29-33(4,5)31-25-16-12-11-15-24(25)21-22-28(31)34(29)6/h8-22,26-27H,7,23H2,1-6H3/q+1. The summed E-state index contributed by atoms with van der Waals surface area (Å²) in [6.07, 6.45) is 21.6. The molecule has 2 aromatic rings. The van der Waals surface area contributed by atoms with Gasteiger partial charge in [-0.15, -0.1) is 0 Å². The molecular weight excluding hydrogens is 424 g/mol. The topological polar surface area (TPSA) is 6.25 Å². The monoisotopic (exact) mass is 463 g/mol. The van der Waals surface area contributed by atoms with Gasteiger partial charge in [-0.3, -0.25) is 0 Å². The van der Waals surface area contributed by atoms with E-state index >= 15 is 0 Å². The fourth-order valence-corrected chi connectivity index (χ4v) is 6.63. The van der Waals surface area contributed by atoms with Gasteiger partial charge in [-0.1, -0.05) is 87.6 Å². The second kappa shape index (κ2) is 8.82. The van der Waals surface area contributed by atoms with E-state index in [1.165, 1.54) is 33.4 Å². The molecule has 0 spiro atoms. The summed E-state index contributed by atoms with van der Waals surface area (Å²) >= 11 is 0. The van der Waals surface area contributed by atoms with Crippen LogP contribution in [-0.2, 0) is 5.41 Å². The van der Waals surface area contributed by atoms with Crippen LogP contribution in [0, 0.1) is 11.3 Å². The molecule has 1 aliphatic carbocycles. The van der Waals surface area contributed by atoms with Gasteiger partial charge >= 0.3 is 0 Å². The molecule has 5 rings (SSSR count). The van der Waals surface area contributed by atoms with Crippen molar-refractivity contribution in [2.45, 2.75) is 52.5 Å². The van der Waals surface area contributed by atoms with Crippen LogP contribution in [-0.4, -0.2) is 29.9 Å². The summed E-state index contributed by atoms with van der Waals surface area (Å²) in [5, 5.41) is 2.67. The highest BCUT2D eigenvalue weighted by Gasteiger charge is 2.52. The summed E-state index contributed by atoms with van der Waals surface area (Å²) in [6, 6.07) is 13.7. The molecule has 0 amide bonds. The van der Waals surface area contributed by atoms with Crippen LogP contribution in [0.3, 0.4) is 0 Å². The van der Waals surface area contributed by atoms with Crippen LogP contribution in [0.15, 0.2) is 96.8 Å². The van der Waals surface area contributed by atoms with Gasteiger partial charge in [0, 0.05) is 36.3 Å². The molecule has 0 aromatic heterocycles. The molecule has 0 fully saturated rings. The average Bonchev–Trinajstić information content (AvgIpc) is 3.18. The van der Waals surface area contributed by atoms with Crippen molar-refractivity contribution in [1.82, 2.24) is 0 Å². The van der Waals surface area contributed by atoms with E-state index in [2.05, 4.69) is 142 Å². The van der Waals surface area contributed by atoms with Crippen molar-refractivity contribution < 1.29 is 4.58 Å². The highest BCUT2D eigenvalue weighted by atomic mass is 15.2. The third-order valence-corrected chi connectivity index (χ3v) is 8.36. The maximum atomic E-state index is 2.61. The Morgan fingerprint density at radius 3 is 2.51 bits per heavy atom. The molecule has 0 radical (unpaired) electrons. The predicted octanol–water partition coefficient (Wildman–Crippen LogP) is 7.58. The Morgan fingerprint density at radius 1 is 0.943 bits per heavy atom. The average molecular weight is 464 g/mol. The lowest BCUT2D eigenvalue weighted by atomic mass is 9.73. The largest absolute Gasteiger partial charge is 0.347 e. The molecular formula is C33H39N2+. The van der Waals surface area contributed by atoms with E-state index in [4.69, 9.17) is 0 Å². The number of hydrogen-bond acceptors (Lipinski definition) is 1. The second-order valence-corrected chi connectivity index (χ2v) is 11.2. The minimum atomic E-state index is -0.0481. The Kier molecular flexibility index (Phi) is 5.95. The molecule has 2 atom stereocenters. The second-order valence-electron chi connectivity index (χ2n) is 11.2. The Balaban J connectivity index is 1.43. The van der Waals surface area contributed by atoms with Crippen molar-refractivity contribution >= 4 is 22.2 Å². The summed E-state index contributed by atoms with van der Waals surface area (Å²) in [6.45, 7) is 12.9. The highest BCUT2D eigenvalue weighted by Crippen LogP contribution is 2.50. The van der Waals surface area contributed by atoms with Crippen LogP contribution in [0.4, 0.5) is 5.69 Å². The van der Waals surface area contributed by atoms with Crippen LogP contribution in [0.1, 0.15) is 46.6 Å². The van der Waals surface area contributed by atoms with Crippen molar-refractivity contribution in [1.29, 1.82) is 0 Å². The van der Waals surface area contributed by atoms with Gasteiger partial charge in [0.25, 0.3) is 0 Å². The molecule has 0 saturated carbocycles. The molecule has 2 heterocycles. The Morgan fingerprint density at radius 2 is 1.71 bits per heavy atom. The third kappa shape index (κ3) is 3.75. The molecule has 0 saturated heterocycles. The van der Waals surface area contributed by atoms with Gasteiger partial charge in [0.1, 0.15) is 6.54 Å². The molecule has 180 valence electrons. The lowest BCUT2D eigenvalue weighted by molar-refractivity contribution is -0.550. The summed E-state index contributed by atoms with van der Waals surface area (Å²) in [5.74, 6) is 0.533. The van der Waals surface area contributed by atoms with Crippen molar-refractivity contribution in [2.75, 3.05) is 18.5 Å². The van der Waals surface area contributed by atoms with E-state index in [1.54, 1.807) is 0 Å². The van der Waals surface area contributed by atoms with Crippen LogP contribution < -0.4 is 4.90 Å². The molecule has 2 unspecified atom stereocenters. The minimum absolute atomic E-state index is 0.0481. The van der Waals surface area contributed by atoms with Gasteiger partial charge in [-0.05, 0) is 48.4 Å². The maximum Gasteiger partial charge on any atom is 0.183 e. The number of nitrogens with zero attached hydrogens (tertiary/aromatic N) is 2. The van der Waals surface area contributed by atoms with Crippen LogP contribution in [0.25, 0.3) is 10.8 Å². The molecule has 2 heteroatoms. The molecule has 2 nitrogen and oxygen atoms in total. The number of rotatable bonds is 5. The van der Waals surface area contributed by atoms with E-state index in [0.717, 1.165) is 13.0 Å². The van der Waals surface area contributed by atoms with Crippen molar-refractivity contribution in [3.05, 3.63) is 102 Å². The number of benzene rings is 2. The van der Waals surface area contributed by atoms with E-state index in [-0.39, 0.29) is 10.8 Å². The van der Waals surface area contributed by atoms with Gasteiger partial charge < -0.3 is 4.90 Å². The molecule has 2 aliphatic heterocycles. The van der Waals surface area contributed by atoms with Gasteiger partial charge in [-0.2, -0.15) is 0 Å². The summed E-state index contributed by atoms with van der Waals surface area (Å²) in [5.41, 5.74) is 5.59. The first kappa shape index (κ1) is 23.6. The third-order valence-electron chi connectivity index (χ3n) is 8.36. The van der Waals surface area contributed by atoms with Crippen molar-refractivity contribution in [2.24, 2.45) is 11.3 Å². The quantitative estimate of drug-likeness (QED) is 0.327. The zero-order chi connectivity index (χ0) is 24.8. The lowest BCUT2D eigenvalue weighted by Crippen LogP contribution is -2.30. The summed E-state index contributed by atoms with van der Waals surface area (Å²) in [7, 11) is 2.19. The van der Waals surface area contributed by atoms with E-state index < -0.39 is 0 Å². The Hall–Kier alpha value is -3.13. The van der Waals surface area contributed by atoms with Crippen molar-refractivity contribution in [3.63, 3.8) is 0 Å². The van der Waals surface area contributed by atoms with Gasteiger partial charge in [0.2, 0.25) is 0 Å². The number of likely N-dealkylation sites (N-methyl/N-ethyl adjacent to an activating group) is 1. The lowest BCUT2D eigenvalue weighted by Gasteiger charge is -2.24. The SMILES string of the molecule is CCC[N+]1=C(\C=C/C=C\C=C2/N(C)c3ccc4ccccc4c3C2(C)C)C(C)(C)C2C=CC=CC21. The summed E-state index contributed by atoms with van der Waals surface area (Å²) in [4.78, 5) is 2.36. The van der Waals surface area contributed by atoms with E-state index in [0.29, 0.717) is 12.0 Å². The normalized spacial score (nSPS) is 25.5. The smallest absolute Gasteiger partial charge is 0.183 e. The first-order valence-corrected chi connectivity index (χ1v) is 13.1. The van der Waals surface area contributed by atoms with E-state index in [1.807, 2.05) is 0 Å². The van der Waals surface area contributed by atoms with Gasteiger partial charge in [-0.25, -0.2) is 4.58 Å². The number of anilines is 1.